The minimum atomic E-state index is -0.397. The third-order valence-corrected chi connectivity index (χ3v) is 3.51. The second kappa shape index (κ2) is 11.2. The van der Waals surface area contributed by atoms with Crippen LogP contribution in [0, 0.1) is 12.3 Å². The molecular weight excluding hydrogens is 300 g/mol. The van der Waals surface area contributed by atoms with Crippen LogP contribution in [-0.4, -0.2) is 18.9 Å². The van der Waals surface area contributed by atoms with Crippen LogP contribution in [0.15, 0.2) is 24.3 Å². The maximum atomic E-state index is 10.2. The molecule has 0 heterocycles. The lowest BCUT2D eigenvalue weighted by molar-refractivity contribution is -0.175. The highest BCUT2D eigenvalue weighted by Crippen LogP contribution is 2.23. The Morgan fingerprint density at radius 1 is 1.04 bits per heavy atom. The van der Waals surface area contributed by atoms with Crippen LogP contribution in [0.25, 0.3) is 0 Å². The van der Waals surface area contributed by atoms with Crippen molar-refractivity contribution in [2.75, 3.05) is 0 Å². The predicted octanol–water partition coefficient (Wildman–Crippen LogP) is 5.86. The molecule has 0 fully saturated rings. The van der Waals surface area contributed by atoms with E-state index in [0.717, 1.165) is 12.8 Å². The summed E-state index contributed by atoms with van der Waals surface area (Å²) in [7, 11) is 0. The quantitative estimate of drug-likeness (QED) is 0.462. The number of hydrogen-bond donors (Lipinski definition) is 0. The average molecular weight is 337 g/mol. The SMILES string of the molecule is CC(C)OC(CCC(C)(C)C)OC=O.Cc1ccc(C(C)C)cc1. The van der Waals surface area contributed by atoms with Gasteiger partial charge < -0.3 is 9.47 Å². The molecule has 1 atom stereocenters. The molecule has 138 valence electrons. The van der Waals surface area contributed by atoms with E-state index >= 15 is 0 Å². The summed E-state index contributed by atoms with van der Waals surface area (Å²) in [5.41, 5.74) is 3.00. The van der Waals surface area contributed by atoms with E-state index in [-0.39, 0.29) is 11.5 Å². The van der Waals surface area contributed by atoms with Crippen molar-refractivity contribution in [1.29, 1.82) is 0 Å². The third-order valence-electron chi connectivity index (χ3n) is 3.51. The molecule has 3 heteroatoms. The second-order valence-corrected chi connectivity index (χ2v) is 8.01. The molecule has 1 unspecified atom stereocenters. The van der Waals surface area contributed by atoms with Gasteiger partial charge in [-0.05, 0) is 44.1 Å². The first-order chi connectivity index (χ1) is 11.0. The number of ether oxygens (including phenoxy) is 2. The standard InChI is InChI=1S/C11H22O3.C10H14/c1-9(2)14-10(13-8-12)6-7-11(3,4)5;1-8(2)10-6-4-9(3)5-7-10/h8-10H,6-7H2,1-5H3;4-8H,1-3H3. The van der Waals surface area contributed by atoms with Gasteiger partial charge in [0.1, 0.15) is 0 Å². The lowest BCUT2D eigenvalue weighted by Crippen LogP contribution is -2.22. The highest BCUT2D eigenvalue weighted by molar-refractivity contribution is 5.37. The highest BCUT2D eigenvalue weighted by Gasteiger charge is 2.17. The van der Waals surface area contributed by atoms with Crippen LogP contribution in [0.5, 0.6) is 0 Å². The number of aryl methyl sites for hydroxylation is 1. The molecule has 0 bridgehead atoms. The van der Waals surface area contributed by atoms with Gasteiger partial charge in [0.2, 0.25) is 6.29 Å². The zero-order valence-electron chi connectivity index (χ0n) is 16.8. The van der Waals surface area contributed by atoms with Gasteiger partial charge in [0.15, 0.2) is 0 Å². The maximum Gasteiger partial charge on any atom is 0.295 e. The summed E-state index contributed by atoms with van der Waals surface area (Å²) in [5.74, 6) is 0.653. The average Bonchev–Trinajstić information content (AvgIpc) is 2.45. The van der Waals surface area contributed by atoms with E-state index < -0.39 is 6.29 Å². The van der Waals surface area contributed by atoms with Gasteiger partial charge in [0.05, 0.1) is 6.10 Å². The first kappa shape index (κ1) is 22.6. The predicted molar refractivity (Wildman–Crippen MR) is 101 cm³/mol. The Bertz CT molecular complexity index is 441. The highest BCUT2D eigenvalue weighted by atomic mass is 16.7. The van der Waals surface area contributed by atoms with E-state index in [4.69, 9.17) is 9.47 Å². The van der Waals surface area contributed by atoms with Crippen molar-refractivity contribution < 1.29 is 14.3 Å². The first-order valence-corrected chi connectivity index (χ1v) is 8.86. The Balaban J connectivity index is 0.000000463. The summed E-state index contributed by atoms with van der Waals surface area (Å²) in [6, 6.07) is 8.71. The fourth-order valence-electron chi connectivity index (χ4n) is 2.04. The molecule has 0 radical (unpaired) electrons. The smallest absolute Gasteiger partial charge is 0.295 e. The Morgan fingerprint density at radius 2 is 1.58 bits per heavy atom. The number of carbonyl (C=O) groups is 1. The molecule has 24 heavy (non-hydrogen) atoms. The molecule has 0 amide bonds. The lowest BCUT2D eigenvalue weighted by atomic mass is 9.90. The van der Waals surface area contributed by atoms with Gasteiger partial charge in [-0.25, -0.2) is 0 Å². The number of benzene rings is 1. The van der Waals surface area contributed by atoms with Crippen molar-refractivity contribution >= 4 is 6.47 Å². The van der Waals surface area contributed by atoms with E-state index in [2.05, 4.69) is 65.8 Å². The minimum Gasteiger partial charge on any atom is -0.438 e. The van der Waals surface area contributed by atoms with Gasteiger partial charge in [-0.1, -0.05) is 64.4 Å². The molecule has 0 aromatic heterocycles. The summed E-state index contributed by atoms with van der Waals surface area (Å²) in [6.07, 6.45) is 1.41. The third kappa shape index (κ3) is 12.1. The van der Waals surface area contributed by atoms with Gasteiger partial charge in [-0.2, -0.15) is 0 Å². The van der Waals surface area contributed by atoms with Crippen LogP contribution >= 0.6 is 0 Å². The second-order valence-electron chi connectivity index (χ2n) is 8.01. The molecule has 0 aliphatic carbocycles. The molecule has 1 aromatic carbocycles. The van der Waals surface area contributed by atoms with Gasteiger partial charge in [-0.15, -0.1) is 0 Å². The van der Waals surface area contributed by atoms with Crippen molar-refractivity contribution in [1.82, 2.24) is 0 Å². The fraction of sp³-hybridized carbons (Fsp3) is 0.667. The van der Waals surface area contributed by atoms with Crippen molar-refractivity contribution in [2.24, 2.45) is 5.41 Å². The van der Waals surface area contributed by atoms with Gasteiger partial charge in [-0.3, -0.25) is 4.79 Å². The zero-order valence-corrected chi connectivity index (χ0v) is 16.8. The Hall–Kier alpha value is -1.35. The lowest BCUT2D eigenvalue weighted by Gasteiger charge is -2.23. The first-order valence-electron chi connectivity index (χ1n) is 8.86. The van der Waals surface area contributed by atoms with E-state index in [9.17, 15) is 4.79 Å². The topological polar surface area (TPSA) is 35.5 Å². The molecule has 0 N–H and O–H groups in total. The Kier molecular flexibility index (Phi) is 10.6. The van der Waals surface area contributed by atoms with Crippen molar-refractivity contribution in [3.8, 4) is 0 Å². The Labute approximate surface area is 148 Å². The van der Waals surface area contributed by atoms with Gasteiger partial charge in [0, 0.05) is 6.42 Å². The number of rotatable bonds is 7. The summed E-state index contributed by atoms with van der Waals surface area (Å²) < 4.78 is 10.3. The van der Waals surface area contributed by atoms with E-state index in [1.54, 1.807) is 0 Å². The van der Waals surface area contributed by atoms with Crippen LogP contribution in [0.2, 0.25) is 0 Å². The molecule has 1 aromatic rings. The maximum absolute atomic E-state index is 10.2. The largest absolute Gasteiger partial charge is 0.438 e. The van der Waals surface area contributed by atoms with Crippen LogP contribution in [0.3, 0.4) is 0 Å². The van der Waals surface area contributed by atoms with E-state index in [1.807, 2.05) is 13.8 Å². The van der Waals surface area contributed by atoms with Gasteiger partial charge >= 0.3 is 0 Å². The van der Waals surface area contributed by atoms with E-state index in [1.165, 1.54) is 11.1 Å². The molecule has 0 aliphatic heterocycles. The number of carbonyl (C=O) groups excluding carboxylic acids is 1. The molecule has 0 saturated carbocycles. The minimum absolute atomic E-state index is 0.0833. The molecule has 1 rings (SSSR count). The van der Waals surface area contributed by atoms with Crippen LogP contribution in [-0.2, 0) is 14.3 Å². The monoisotopic (exact) mass is 336 g/mol. The van der Waals surface area contributed by atoms with Crippen LogP contribution in [0.1, 0.15) is 78.4 Å². The van der Waals surface area contributed by atoms with Crippen molar-refractivity contribution in [3.05, 3.63) is 35.4 Å². The Morgan fingerprint density at radius 3 is 1.96 bits per heavy atom. The number of hydrogen-bond acceptors (Lipinski definition) is 3. The fourth-order valence-corrected chi connectivity index (χ4v) is 2.04. The molecule has 0 saturated heterocycles. The van der Waals surface area contributed by atoms with Crippen molar-refractivity contribution in [3.63, 3.8) is 0 Å². The molecular formula is C21H36O3. The van der Waals surface area contributed by atoms with Gasteiger partial charge in [0.25, 0.3) is 6.47 Å². The van der Waals surface area contributed by atoms with Crippen LogP contribution in [0.4, 0.5) is 0 Å². The zero-order chi connectivity index (χ0) is 18.8. The normalized spacial score (nSPS) is 12.6. The molecule has 3 nitrogen and oxygen atoms in total. The summed E-state index contributed by atoms with van der Waals surface area (Å²) in [4.78, 5) is 10.2. The summed E-state index contributed by atoms with van der Waals surface area (Å²) >= 11 is 0. The van der Waals surface area contributed by atoms with Crippen molar-refractivity contribution in [2.45, 2.75) is 86.5 Å². The molecule has 0 aliphatic rings. The summed E-state index contributed by atoms with van der Waals surface area (Å²) in [5, 5.41) is 0. The molecule has 0 spiro atoms. The summed E-state index contributed by atoms with van der Waals surface area (Å²) in [6.45, 7) is 17.3. The van der Waals surface area contributed by atoms with E-state index in [0.29, 0.717) is 12.4 Å². The van der Waals surface area contributed by atoms with Crippen LogP contribution < -0.4 is 0 Å².